The molecule has 1 heterocycles. The van der Waals surface area contributed by atoms with Crippen molar-refractivity contribution in [3.8, 4) is 12.0 Å². The van der Waals surface area contributed by atoms with Crippen LogP contribution in [0.25, 0.3) is 0 Å². The molecule has 1 atom stereocenters. The normalized spacial score (nSPS) is 12.9. The zero-order chi connectivity index (χ0) is 14.5. The number of nitrogens with zero attached hydrogens (tertiary/aromatic N) is 3. The standard InChI is InChI=1S/C12H23N5O2/c1-12(2,3)8(6-7-13)14-9-15-10(18-4)17-11(16-9)19-5/h8H,6-7,13H2,1-5H3,(H,14,15,16,17). The summed E-state index contributed by atoms with van der Waals surface area (Å²) in [6.45, 7) is 7.00. The Balaban J connectivity index is 2.95. The van der Waals surface area contributed by atoms with Gasteiger partial charge in [0.05, 0.1) is 14.2 Å². The van der Waals surface area contributed by atoms with Gasteiger partial charge in [-0.15, -0.1) is 4.98 Å². The van der Waals surface area contributed by atoms with Crippen molar-refractivity contribution in [2.45, 2.75) is 33.2 Å². The first-order chi connectivity index (χ1) is 8.90. The number of anilines is 1. The van der Waals surface area contributed by atoms with Gasteiger partial charge in [0.2, 0.25) is 5.95 Å². The van der Waals surface area contributed by atoms with E-state index in [-0.39, 0.29) is 23.5 Å². The second-order valence-electron chi connectivity index (χ2n) is 5.27. The smallest absolute Gasteiger partial charge is 0.324 e. The molecular formula is C12H23N5O2. The van der Waals surface area contributed by atoms with Gasteiger partial charge in [-0.3, -0.25) is 0 Å². The highest BCUT2D eigenvalue weighted by atomic mass is 16.5. The molecule has 0 amide bonds. The third-order valence-electron chi connectivity index (χ3n) is 2.76. The van der Waals surface area contributed by atoms with Gasteiger partial charge in [-0.05, 0) is 18.4 Å². The summed E-state index contributed by atoms with van der Waals surface area (Å²) in [5.41, 5.74) is 5.68. The van der Waals surface area contributed by atoms with Gasteiger partial charge < -0.3 is 20.5 Å². The maximum Gasteiger partial charge on any atom is 0.324 e. The lowest BCUT2D eigenvalue weighted by molar-refractivity contribution is 0.321. The highest BCUT2D eigenvalue weighted by Gasteiger charge is 2.25. The first-order valence-electron chi connectivity index (χ1n) is 6.21. The minimum absolute atomic E-state index is 0.0342. The number of methoxy groups -OCH3 is 2. The molecule has 1 aromatic heterocycles. The molecule has 0 aliphatic rings. The summed E-state index contributed by atoms with van der Waals surface area (Å²) >= 11 is 0. The Kier molecular flexibility index (Phi) is 5.29. The zero-order valence-electron chi connectivity index (χ0n) is 12.2. The lowest BCUT2D eigenvalue weighted by Crippen LogP contribution is -2.36. The summed E-state index contributed by atoms with van der Waals surface area (Å²) in [7, 11) is 3.00. The van der Waals surface area contributed by atoms with Crippen LogP contribution in [0.5, 0.6) is 12.0 Å². The topological polar surface area (TPSA) is 95.2 Å². The number of nitrogens with one attached hydrogen (secondary N) is 1. The molecule has 0 fully saturated rings. The minimum Gasteiger partial charge on any atom is -0.467 e. The summed E-state index contributed by atoms with van der Waals surface area (Å²) < 4.78 is 10.0. The van der Waals surface area contributed by atoms with Crippen LogP contribution < -0.4 is 20.5 Å². The average Bonchev–Trinajstić information content (AvgIpc) is 2.36. The Morgan fingerprint density at radius 2 is 1.63 bits per heavy atom. The fourth-order valence-corrected chi connectivity index (χ4v) is 1.63. The Bertz CT molecular complexity index is 383. The van der Waals surface area contributed by atoms with E-state index in [1.165, 1.54) is 14.2 Å². The highest BCUT2D eigenvalue weighted by molar-refractivity contribution is 5.29. The maximum absolute atomic E-state index is 5.65. The second-order valence-corrected chi connectivity index (χ2v) is 5.27. The molecule has 0 spiro atoms. The van der Waals surface area contributed by atoms with Crippen LogP contribution in [0.2, 0.25) is 0 Å². The van der Waals surface area contributed by atoms with Crippen molar-refractivity contribution in [3.63, 3.8) is 0 Å². The molecule has 0 aliphatic heterocycles. The molecular weight excluding hydrogens is 246 g/mol. The van der Waals surface area contributed by atoms with Crippen LogP contribution in [0.3, 0.4) is 0 Å². The Hall–Kier alpha value is -1.63. The predicted octanol–water partition coefficient (Wildman–Crippen LogP) is 1.06. The molecule has 1 aromatic rings. The van der Waals surface area contributed by atoms with Crippen molar-refractivity contribution < 1.29 is 9.47 Å². The van der Waals surface area contributed by atoms with Gasteiger partial charge in [-0.1, -0.05) is 20.8 Å². The molecule has 0 aliphatic carbocycles. The van der Waals surface area contributed by atoms with Crippen molar-refractivity contribution in [1.82, 2.24) is 15.0 Å². The lowest BCUT2D eigenvalue weighted by atomic mass is 9.85. The van der Waals surface area contributed by atoms with E-state index in [0.717, 1.165) is 6.42 Å². The van der Waals surface area contributed by atoms with Gasteiger partial charge in [-0.25, -0.2) is 0 Å². The largest absolute Gasteiger partial charge is 0.467 e. The van der Waals surface area contributed by atoms with Crippen LogP contribution >= 0.6 is 0 Å². The van der Waals surface area contributed by atoms with Crippen LogP contribution in [-0.4, -0.2) is 41.8 Å². The van der Waals surface area contributed by atoms with E-state index in [9.17, 15) is 0 Å². The molecule has 0 bridgehead atoms. The van der Waals surface area contributed by atoms with E-state index in [4.69, 9.17) is 15.2 Å². The summed E-state index contributed by atoms with van der Waals surface area (Å²) in [5.74, 6) is 0.428. The Labute approximate surface area is 113 Å². The average molecular weight is 269 g/mol. The molecule has 0 aromatic carbocycles. The number of hydrogen-bond donors (Lipinski definition) is 2. The quantitative estimate of drug-likeness (QED) is 0.797. The fraction of sp³-hybridized carbons (Fsp3) is 0.750. The molecule has 3 N–H and O–H groups in total. The molecule has 1 rings (SSSR count). The van der Waals surface area contributed by atoms with Crippen LogP contribution in [0.4, 0.5) is 5.95 Å². The van der Waals surface area contributed by atoms with Crippen LogP contribution in [-0.2, 0) is 0 Å². The second kappa shape index (κ2) is 6.51. The molecule has 108 valence electrons. The van der Waals surface area contributed by atoms with E-state index in [0.29, 0.717) is 12.5 Å². The van der Waals surface area contributed by atoms with E-state index in [2.05, 4.69) is 41.0 Å². The number of rotatable bonds is 6. The summed E-state index contributed by atoms with van der Waals surface area (Å²) in [5, 5.41) is 3.27. The molecule has 19 heavy (non-hydrogen) atoms. The van der Waals surface area contributed by atoms with Crippen molar-refractivity contribution in [2.75, 3.05) is 26.1 Å². The molecule has 1 unspecified atom stereocenters. The third kappa shape index (κ3) is 4.51. The summed E-state index contributed by atoms with van der Waals surface area (Å²) in [6.07, 6.45) is 0.819. The Morgan fingerprint density at radius 1 is 1.11 bits per heavy atom. The number of aromatic nitrogens is 3. The van der Waals surface area contributed by atoms with Crippen LogP contribution in [0.1, 0.15) is 27.2 Å². The van der Waals surface area contributed by atoms with Gasteiger partial charge in [0.15, 0.2) is 0 Å². The van der Waals surface area contributed by atoms with Crippen molar-refractivity contribution in [2.24, 2.45) is 11.1 Å². The lowest BCUT2D eigenvalue weighted by Gasteiger charge is -2.31. The van der Waals surface area contributed by atoms with Crippen molar-refractivity contribution in [3.05, 3.63) is 0 Å². The van der Waals surface area contributed by atoms with Gasteiger partial charge in [0.1, 0.15) is 0 Å². The van der Waals surface area contributed by atoms with E-state index >= 15 is 0 Å². The highest BCUT2D eigenvalue weighted by Crippen LogP contribution is 2.25. The molecule has 0 saturated heterocycles. The number of nitrogens with two attached hydrogens (primary N) is 1. The SMILES string of the molecule is COc1nc(NC(CCN)C(C)(C)C)nc(OC)n1. The van der Waals surface area contributed by atoms with E-state index in [1.54, 1.807) is 0 Å². The molecule has 0 saturated carbocycles. The minimum atomic E-state index is 0.0342. The summed E-state index contributed by atoms with van der Waals surface area (Å²) in [4.78, 5) is 12.3. The Morgan fingerprint density at radius 3 is 2.00 bits per heavy atom. The first-order valence-corrected chi connectivity index (χ1v) is 6.21. The van der Waals surface area contributed by atoms with Gasteiger partial charge in [0, 0.05) is 6.04 Å². The van der Waals surface area contributed by atoms with E-state index in [1.807, 2.05) is 0 Å². The molecule has 7 heteroatoms. The predicted molar refractivity (Wildman–Crippen MR) is 73.5 cm³/mol. The van der Waals surface area contributed by atoms with E-state index < -0.39 is 0 Å². The third-order valence-corrected chi connectivity index (χ3v) is 2.76. The molecule has 0 radical (unpaired) electrons. The fourth-order valence-electron chi connectivity index (χ4n) is 1.63. The van der Waals surface area contributed by atoms with Gasteiger partial charge in [-0.2, -0.15) is 9.97 Å². The first kappa shape index (κ1) is 15.4. The maximum atomic E-state index is 5.65. The van der Waals surface area contributed by atoms with Crippen molar-refractivity contribution in [1.29, 1.82) is 0 Å². The molecule has 7 nitrogen and oxygen atoms in total. The van der Waals surface area contributed by atoms with Gasteiger partial charge >= 0.3 is 12.0 Å². The van der Waals surface area contributed by atoms with Crippen LogP contribution in [0.15, 0.2) is 0 Å². The zero-order valence-corrected chi connectivity index (χ0v) is 12.2. The van der Waals surface area contributed by atoms with Crippen molar-refractivity contribution >= 4 is 5.95 Å². The monoisotopic (exact) mass is 269 g/mol. The number of hydrogen-bond acceptors (Lipinski definition) is 7. The number of ether oxygens (including phenoxy) is 2. The van der Waals surface area contributed by atoms with Crippen LogP contribution in [0, 0.1) is 5.41 Å². The van der Waals surface area contributed by atoms with Gasteiger partial charge in [0.25, 0.3) is 0 Å². The summed E-state index contributed by atoms with van der Waals surface area (Å²) in [6, 6.07) is 0.582.